The number of nitrogens with zero attached hydrogens (tertiary/aromatic N) is 3. The Morgan fingerprint density at radius 1 is 0.417 bits per heavy atom. The lowest BCUT2D eigenvalue weighted by Gasteiger charge is -2.36. The van der Waals surface area contributed by atoms with Gasteiger partial charge in [-0.05, 0) is 99.3 Å². The first kappa shape index (κ1) is 28.5. The minimum absolute atomic E-state index is 0.166. The molecule has 48 heavy (non-hydrogen) atoms. The Hall–Kier alpha value is -5.67. The molecular formula is C45H35N3. The lowest BCUT2D eigenvalue weighted by molar-refractivity contribution is 0.353. The monoisotopic (exact) mass is 617 g/mol. The van der Waals surface area contributed by atoms with Gasteiger partial charge in [0.15, 0.2) is 0 Å². The van der Waals surface area contributed by atoms with Gasteiger partial charge in [0.05, 0.1) is 11.4 Å². The topological polar surface area (TPSA) is 38.7 Å². The van der Waals surface area contributed by atoms with Crippen LogP contribution in [0.1, 0.15) is 43.2 Å². The molecule has 0 amide bonds. The number of rotatable bonds is 5. The Labute approximate surface area is 282 Å². The van der Waals surface area contributed by atoms with Crippen LogP contribution in [0, 0.1) is 0 Å². The second kappa shape index (κ2) is 11.8. The largest absolute Gasteiger partial charge is 0.264 e. The lowest BCUT2D eigenvalue weighted by Crippen LogP contribution is -2.27. The minimum Gasteiger partial charge on any atom is -0.264 e. The summed E-state index contributed by atoms with van der Waals surface area (Å²) in [6, 6.07) is 46.4. The predicted molar refractivity (Wildman–Crippen MR) is 196 cm³/mol. The number of benzene rings is 4. The van der Waals surface area contributed by atoms with Crippen molar-refractivity contribution in [1.29, 1.82) is 0 Å². The summed E-state index contributed by atoms with van der Waals surface area (Å²) in [5.74, 6) is 0. The third-order valence-corrected chi connectivity index (χ3v) is 10.5. The first-order chi connectivity index (χ1) is 23.8. The number of hydrogen-bond donors (Lipinski definition) is 0. The Balaban J connectivity index is 1.09. The van der Waals surface area contributed by atoms with Crippen molar-refractivity contribution >= 4 is 0 Å². The molecule has 3 aromatic heterocycles. The molecule has 0 unspecified atom stereocenters. The number of fused-ring (bicyclic) bond motifs is 5. The van der Waals surface area contributed by atoms with E-state index in [1.165, 1.54) is 76.6 Å². The summed E-state index contributed by atoms with van der Waals surface area (Å²) in [5, 5.41) is 0. The summed E-state index contributed by atoms with van der Waals surface area (Å²) in [6.45, 7) is 0. The lowest BCUT2D eigenvalue weighted by atomic mass is 9.68. The SMILES string of the molecule is c1cncc(-c2cc(-c3cccnc3)nc(-c3cccc(-c4ccc(-c5cccc6c5-c5ccccc5C65CCCCC5)cc4)c3)c2)c1. The van der Waals surface area contributed by atoms with Crippen LogP contribution in [-0.4, -0.2) is 15.0 Å². The highest BCUT2D eigenvalue weighted by molar-refractivity contribution is 5.93. The van der Waals surface area contributed by atoms with Gasteiger partial charge in [-0.2, -0.15) is 0 Å². The molecule has 4 aromatic carbocycles. The van der Waals surface area contributed by atoms with Crippen LogP contribution in [0.4, 0.5) is 0 Å². The molecule has 0 N–H and O–H groups in total. The summed E-state index contributed by atoms with van der Waals surface area (Å²) in [4.78, 5) is 13.8. The first-order valence-corrected chi connectivity index (χ1v) is 17.0. The molecule has 3 nitrogen and oxygen atoms in total. The van der Waals surface area contributed by atoms with E-state index in [-0.39, 0.29) is 5.41 Å². The summed E-state index contributed by atoms with van der Waals surface area (Å²) >= 11 is 0. The molecular weight excluding hydrogens is 583 g/mol. The van der Waals surface area contributed by atoms with E-state index in [9.17, 15) is 0 Å². The van der Waals surface area contributed by atoms with E-state index in [0.29, 0.717) is 0 Å². The van der Waals surface area contributed by atoms with Gasteiger partial charge in [0.1, 0.15) is 0 Å². The molecule has 0 saturated heterocycles. The highest BCUT2D eigenvalue weighted by Gasteiger charge is 2.44. The average Bonchev–Trinajstić information content (AvgIpc) is 3.44. The zero-order chi connectivity index (χ0) is 31.9. The quantitative estimate of drug-likeness (QED) is 0.193. The van der Waals surface area contributed by atoms with Crippen LogP contribution in [0.25, 0.3) is 67.0 Å². The van der Waals surface area contributed by atoms with E-state index in [2.05, 4.69) is 125 Å². The first-order valence-electron chi connectivity index (χ1n) is 17.0. The van der Waals surface area contributed by atoms with Gasteiger partial charge in [-0.3, -0.25) is 9.97 Å². The summed E-state index contributed by atoms with van der Waals surface area (Å²) in [5.41, 5.74) is 17.1. The fourth-order valence-electron chi connectivity index (χ4n) is 8.18. The van der Waals surface area contributed by atoms with Crippen LogP contribution >= 0.6 is 0 Å². The van der Waals surface area contributed by atoms with Gasteiger partial charge in [-0.25, -0.2) is 4.98 Å². The van der Waals surface area contributed by atoms with E-state index in [1.807, 2.05) is 24.5 Å². The standard InChI is InChI=1S/C45H35N3/c1-4-22-45(23-5-1)40-16-3-2-14-39(40)44-38(15-7-17-41(44)45)32-20-18-31(19-21-32)33-10-6-11-34(26-33)42-27-37(35-12-8-24-46-29-35)28-43(48-42)36-13-9-25-47-30-36/h2-3,6-21,24-30H,1,4-5,22-23H2. The van der Waals surface area contributed by atoms with Crippen molar-refractivity contribution in [2.24, 2.45) is 0 Å². The fourth-order valence-corrected chi connectivity index (χ4v) is 8.18. The molecule has 2 aliphatic rings. The van der Waals surface area contributed by atoms with Crippen LogP contribution in [0.5, 0.6) is 0 Å². The van der Waals surface area contributed by atoms with Crippen molar-refractivity contribution < 1.29 is 0 Å². The average molecular weight is 618 g/mol. The summed E-state index contributed by atoms with van der Waals surface area (Å²) in [6.07, 6.45) is 13.8. The molecule has 2 aliphatic carbocycles. The smallest absolute Gasteiger partial charge is 0.0731 e. The highest BCUT2D eigenvalue weighted by Crippen LogP contribution is 2.57. The fraction of sp³-hybridized carbons (Fsp3) is 0.133. The molecule has 9 rings (SSSR count). The van der Waals surface area contributed by atoms with Crippen molar-refractivity contribution in [3.63, 3.8) is 0 Å². The van der Waals surface area contributed by atoms with Crippen LogP contribution in [0.3, 0.4) is 0 Å². The van der Waals surface area contributed by atoms with E-state index in [0.717, 1.165) is 33.6 Å². The molecule has 0 bridgehead atoms. The molecule has 230 valence electrons. The van der Waals surface area contributed by atoms with Crippen molar-refractivity contribution in [3.05, 3.63) is 163 Å². The molecule has 0 radical (unpaired) electrons. The zero-order valence-corrected chi connectivity index (χ0v) is 26.8. The third-order valence-electron chi connectivity index (χ3n) is 10.5. The normalized spacial score (nSPS) is 14.4. The zero-order valence-electron chi connectivity index (χ0n) is 26.8. The number of pyridine rings is 3. The molecule has 3 heterocycles. The van der Waals surface area contributed by atoms with E-state index < -0.39 is 0 Å². The maximum absolute atomic E-state index is 5.12. The van der Waals surface area contributed by atoms with Crippen molar-refractivity contribution in [2.75, 3.05) is 0 Å². The maximum Gasteiger partial charge on any atom is 0.0731 e. The molecule has 7 aromatic rings. The van der Waals surface area contributed by atoms with Crippen LogP contribution in [0.15, 0.2) is 152 Å². The van der Waals surface area contributed by atoms with E-state index >= 15 is 0 Å². The van der Waals surface area contributed by atoms with Gasteiger partial charge in [-0.15, -0.1) is 0 Å². The van der Waals surface area contributed by atoms with Crippen LogP contribution in [0.2, 0.25) is 0 Å². The van der Waals surface area contributed by atoms with E-state index in [1.54, 1.807) is 12.4 Å². The van der Waals surface area contributed by atoms with Gasteiger partial charge in [0, 0.05) is 46.9 Å². The third kappa shape index (κ3) is 4.86. The van der Waals surface area contributed by atoms with Crippen LogP contribution < -0.4 is 0 Å². The van der Waals surface area contributed by atoms with Crippen molar-refractivity contribution in [3.8, 4) is 67.0 Å². The van der Waals surface area contributed by atoms with Gasteiger partial charge < -0.3 is 0 Å². The molecule has 3 heteroatoms. The number of hydrogen-bond acceptors (Lipinski definition) is 3. The van der Waals surface area contributed by atoms with Gasteiger partial charge in [0.25, 0.3) is 0 Å². The van der Waals surface area contributed by atoms with Crippen LogP contribution in [-0.2, 0) is 5.41 Å². The molecule has 1 spiro atoms. The summed E-state index contributed by atoms with van der Waals surface area (Å²) < 4.78 is 0. The molecule has 1 saturated carbocycles. The Morgan fingerprint density at radius 2 is 1.04 bits per heavy atom. The maximum atomic E-state index is 5.12. The van der Waals surface area contributed by atoms with Gasteiger partial charge >= 0.3 is 0 Å². The van der Waals surface area contributed by atoms with Crippen molar-refractivity contribution in [1.82, 2.24) is 15.0 Å². The molecule has 0 aliphatic heterocycles. The van der Waals surface area contributed by atoms with E-state index in [4.69, 9.17) is 4.98 Å². The Bertz CT molecular complexity index is 2190. The Kier molecular flexibility index (Phi) is 7.04. The molecule has 1 fully saturated rings. The highest BCUT2D eigenvalue weighted by atomic mass is 14.7. The predicted octanol–water partition coefficient (Wildman–Crippen LogP) is 11.4. The second-order valence-electron chi connectivity index (χ2n) is 13.2. The minimum atomic E-state index is 0.166. The van der Waals surface area contributed by atoms with Gasteiger partial charge in [-0.1, -0.05) is 110 Å². The second-order valence-corrected chi connectivity index (χ2v) is 13.2. The molecule has 0 atom stereocenters. The summed E-state index contributed by atoms with van der Waals surface area (Å²) in [7, 11) is 0. The van der Waals surface area contributed by atoms with Crippen molar-refractivity contribution in [2.45, 2.75) is 37.5 Å². The Morgan fingerprint density at radius 3 is 1.81 bits per heavy atom. The van der Waals surface area contributed by atoms with Gasteiger partial charge in [0.2, 0.25) is 0 Å². The number of aromatic nitrogens is 3.